The summed E-state index contributed by atoms with van der Waals surface area (Å²) in [5.74, 6) is 0.689. The Bertz CT molecular complexity index is 563. The Kier molecular flexibility index (Phi) is 5.21. The molecule has 0 amide bonds. The first-order valence-electron chi connectivity index (χ1n) is 6.73. The summed E-state index contributed by atoms with van der Waals surface area (Å²) in [4.78, 5) is 0. The maximum absolute atomic E-state index is 13.3. The van der Waals surface area contributed by atoms with E-state index in [1.165, 1.54) is 22.8 Å². The van der Waals surface area contributed by atoms with Gasteiger partial charge in [-0.05, 0) is 37.1 Å². The van der Waals surface area contributed by atoms with Gasteiger partial charge < -0.3 is 5.73 Å². The number of rotatable bonds is 5. The van der Waals surface area contributed by atoms with Crippen LogP contribution in [0.4, 0.5) is 4.39 Å². The summed E-state index contributed by atoms with van der Waals surface area (Å²) in [6.45, 7) is 4.72. The highest BCUT2D eigenvalue weighted by Gasteiger charge is 2.11. The fourth-order valence-corrected chi connectivity index (χ4v) is 3.39. The number of aryl methyl sites for hydroxylation is 2. The Balaban J connectivity index is 2.07. The van der Waals surface area contributed by atoms with Crippen molar-refractivity contribution in [3.8, 4) is 0 Å². The molecule has 0 radical (unpaired) electrons. The van der Waals surface area contributed by atoms with Gasteiger partial charge in [0.05, 0.1) is 0 Å². The molecule has 3 heteroatoms. The molecule has 0 aliphatic carbocycles. The van der Waals surface area contributed by atoms with E-state index in [1.54, 1.807) is 23.9 Å². The second kappa shape index (κ2) is 6.91. The smallest absolute Gasteiger partial charge is 0.123 e. The maximum atomic E-state index is 13.3. The monoisotopic (exact) mass is 289 g/mol. The molecular formula is C17H20FNS. The van der Waals surface area contributed by atoms with Gasteiger partial charge in [0, 0.05) is 17.5 Å². The van der Waals surface area contributed by atoms with Gasteiger partial charge in [0.15, 0.2) is 0 Å². The Hall–Kier alpha value is -1.32. The van der Waals surface area contributed by atoms with E-state index in [9.17, 15) is 4.39 Å². The standard InChI is InChI=1S/C17H20FNS/c1-12-6-13(2)8-14(7-12)11-20-17(10-19)15-4-3-5-16(18)9-15/h3-9,17H,10-11,19H2,1-2H3. The van der Waals surface area contributed by atoms with E-state index >= 15 is 0 Å². The van der Waals surface area contributed by atoms with Gasteiger partial charge in [0.1, 0.15) is 5.82 Å². The van der Waals surface area contributed by atoms with Crippen molar-refractivity contribution in [3.05, 3.63) is 70.5 Å². The van der Waals surface area contributed by atoms with Crippen LogP contribution in [0.5, 0.6) is 0 Å². The second-order valence-corrected chi connectivity index (χ2v) is 6.28. The first kappa shape index (κ1) is 15.1. The predicted octanol–water partition coefficient (Wildman–Crippen LogP) is 4.38. The minimum Gasteiger partial charge on any atom is -0.329 e. The Morgan fingerprint density at radius 2 is 1.80 bits per heavy atom. The number of thioether (sulfide) groups is 1. The summed E-state index contributed by atoms with van der Waals surface area (Å²) >= 11 is 1.76. The van der Waals surface area contributed by atoms with Gasteiger partial charge in [-0.3, -0.25) is 0 Å². The predicted molar refractivity (Wildman–Crippen MR) is 85.4 cm³/mol. The molecule has 0 saturated carbocycles. The SMILES string of the molecule is Cc1cc(C)cc(CSC(CN)c2cccc(F)c2)c1. The van der Waals surface area contributed by atoms with Crippen molar-refractivity contribution in [1.29, 1.82) is 0 Å². The number of hydrogen-bond acceptors (Lipinski definition) is 2. The minimum atomic E-state index is -0.201. The van der Waals surface area contributed by atoms with Crippen molar-refractivity contribution in [2.45, 2.75) is 24.9 Å². The van der Waals surface area contributed by atoms with Crippen LogP contribution in [-0.4, -0.2) is 6.54 Å². The molecule has 2 rings (SSSR count). The molecule has 0 heterocycles. The molecule has 0 aliphatic heterocycles. The van der Waals surface area contributed by atoms with E-state index in [0.717, 1.165) is 11.3 Å². The molecule has 2 N–H and O–H groups in total. The van der Waals surface area contributed by atoms with Crippen LogP contribution in [0.3, 0.4) is 0 Å². The summed E-state index contributed by atoms with van der Waals surface area (Å²) in [5.41, 5.74) is 10.6. The molecule has 2 aromatic rings. The van der Waals surface area contributed by atoms with Crippen LogP contribution in [0.25, 0.3) is 0 Å². The lowest BCUT2D eigenvalue weighted by molar-refractivity contribution is 0.625. The normalized spacial score (nSPS) is 12.4. The van der Waals surface area contributed by atoms with Crippen molar-refractivity contribution >= 4 is 11.8 Å². The van der Waals surface area contributed by atoms with E-state index in [4.69, 9.17) is 5.73 Å². The maximum Gasteiger partial charge on any atom is 0.123 e. The van der Waals surface area contributed by atoms with Gasteiger partial charge in [-0.15, -0.1) is 11.8 Å². The molecular weight excluding hydrogens is 269 g/mol. The van der Waals surface area contributed by atoms with Crippen LogP contribution < -0.4 is 5.73 Å². The summed E-state index contributed by atoms with van der Waals surface area (Å²) in [6, 6.07) is 13.3. The molecule has 1 nitrogen and oxygen atoms in total. The van der Waals surface area contributed by atoms with E-state index in [2.05, 4.69) is 32.0 Å². The summed E-state index contributed by atoms with van der Waals surface area (Å²) in [5, 5.41) is 0.131. The van der Waals surface area contributed by atoms with Crippen molar-refractivity contribution < 1.29 is 4.39 Å². The van der Waals surface area contributed by atoms with Gasteiger partial charge in [0.25, 0.3) is 0 Å². The topological polar surface area (TPSA) is 26.0 Å². The van der Waals surface area contributed by atoms with Crippen LogP contribution in [0, 0.1) is 19.7 Å². The van der Waals surface area contributed by atoms with Gasteiger partial charge in [-0.1, -0.05) is 41.5 Å². The number of hydrogen-bond donors (Lipinski definition) is 1. The first-order chi connectivity index (χ1) is 9.58. The van der Waals surface area contributed by atoms with Crippen LogP contribution in [0.1, 0.15) is 27.5 Å². The molecule has 0 fully saturated rings. The van der Waals surface area contributed by atoms with E-state index in [0.29, 0.717) is 6.54 Å². The van der Waals surface area contributed by atoms with Crippen molar-refractivity contribution in [2.24, 2.45) is 5.73 Å². The fraction of sp³-hybridized carbons (Fsp3) is 0.294. The van der Waals surface area contributed by atoms with E-state index in [1.807, 2.05) is 6.07 Å². The largest absolute Gasteiger partial charge is 0.329 e. The van der Waals surface area contributed by atoms with E-state index in [-0.39, 0.29) is 11.1 Å². The lowest BCUT2D eigenvalue weighted by atomic mass is 10.1. The third-order valence-corrected chi connectivity index (χ3v) is 4.53. The highest BCUT2D eigenvalue weighted by Crippen LogP contribution is 2.31. The molecule has 1 unspecified atom stereocenters. The van der Waals surface area contributed by atoms with Crippen molar-refractivity contribution in [1.82, 2.24) is 0 Å². The first-order valence-corrected chi connectivity index (χ1v) is 7.77. The molecule has 106 valence electrons. The Morgan fingerprint density at radius 1 is 1.10 bits per heavy atom. The zero-order chi connectivity index (χ0) is 14.5. The van der Waals surface area contributed by atoms with E-state index < -0.39 is 0 Å². The summed E-state index contributed by atoms with van der Waals surface area (Å²) in [7, 11) is 0. The number of benzene rings is 2. The second-order valence-electron chi connectivity index (χ2n) is 5.09. The molecule has 0 bridgehead atoms. The summed E-state index contributed by atoms with van der Waals surface area (Å²) < 4.78 is 13.3. The molecule has 2 aromatic carbocycles. The zero-order valence-electron chi connectivity index (χ0n) is 11.9. The molecule has 20 heavy (non-hydrogen) atoms. The Morgan fingerprint density at radius 3 is 2.40 bits per heavy atom. The van der Waals surface area contributed by atoms with Crippen LogP contribution in [-0.2, 0) is 5.75 Å². The van der Waals surface area contributed by atoms with Gasteiger partial charge in [-0.2, -0.15) is 0 Å². The lowest BCUT2D eigenvalue weighted by Gasteiger charge is -2.15. The van der Waals surface area contributed by atoms with Crippen LogP contribution in [0.15, 0.2) is 42.5 Å². The van der Waals surface area contributed by atoms with Gasteiger partial charge in [-0.25, -0.2) is 4.39 Å². The van der Waals surface area contributed by atoms with Crippen LogP contribution in [0.2, 0.25) is 0 Å². The van der Waals surface area contributed by atoms with Gasteiger partial charge in [0.2, 0.25) is 0 Å². The number of halogens is 1. The molecule has 0 aromatic heterocycles. The Labute approximate surface area is 124 Å². The fourth-order valence-electron chi connectivity index (χ4n) is 2.36. The average molecular weight is 289 g/mol. The third-order valence-electron chi connectivity index (χ3n) is 3.17. The van der Waals surface area contributed by atoms with Crippen LogP contribution >= 0.6 is 11.8 Å². The quantitative estimate of drug-likeness (QED) is 0.884. The highest BCUT2D eigenvalue weighted by atomic mass is 32.2. The summed E-state index contributed by atoms with van der Waals surface area (Å²) in [6.07, 6.45) is 0. The minimum absolute atomic E-state index is 0.131. The molecule has 1 atom stereocenters. The zero-order valence-corrected chi connectivity index (χ0v) is 12.7. The third kappa shape index (κ3) is 4.09. The highest BCUT2D eigenvalue weighted by molar-refractivity contribution is 7.98. The van der Waals surface area contributed by atoms with Crippen molar-refractivity contribution in [3.63, 3.8) is 0 Å². The molecule has 0 spiro atoms. The lowest BCUT2D eigenvalue weighted by Crippen LogP contribution is -2.09. The van der Waals surface area contributed by atoms with Crippen molar-refractivity contribution in [2.75, 3.05) is 6.54 Å². The average Bonchev–Trinajstić information content (AvgIpc) is 2.38. The number of nitrogens with two attached hydrogens (primary N) is 1. The molecule has 0 aliphatic rings. The van der Waals surface area contributed by atoms with Gasteiger partial charge >= 0.3 is 0 Å². The molecule has 0 saturated heterocycles.